The quantitative estimate of drug-likeness (QED) is 0.375. The average Bonchev–Trinajstić information content (AvgIpc) is 0. The number of hydrogen-bond acceptors (Lipinski definition) is 0. The number of rotatable bonds is 0. The third kappa shape index (κ3) is 213. The van der Waals surface area contributed by atoms with E-state index in [9.17, 15) is 0 Å². The molecule has 12 heavy (non-hydrogen) atoms. The second kappa shape index (κ2) is 269. The molecule has 12 heteroatoms. The largest absolute Gasteiger partial charge is 0.412 e. The molecule has 0 rings (SSSR count). The Bertz CT molecular complexity index is 21.4. The van der Waals surface area contributed by atoms with Gasteiger partial charge in [-0.25, -0.2) is 0 Å². The van der Waals surface area contributed by atoms with Crippen LogP contribution in [0, 0.1) is 0 Å². The normalized spacial score (nSPS) is 0. The summed E-state index contributed by atoms with van der Waals surface area (Å²) >= 11 is 0. The van der Waals surface area contributed by atoms with Crippen LogP contribution in [-0.2, 0) is 0 Å². The van der Waals surface area contributed by atoms with Gasteiger partial charge in [0.1, 0.15) is 0 Å². The molecule has 0 heterocycles. The molecule has 0 bridgehead atoms. The minimum Gasteiger partial charge on any atom is -0.412 e. The minimum atomic E-state index is 0. The van der Waals surface area contributed by atoms with Crippen LogP contribution in [-0.4, -0.2) is 145 Å². The molecule has 0 fully saturated rings. The Hall–Kier alpha value is 2.95. The summed E-state index contributed by atoms with van der Waals surface area (Å²) in [6, 6.07) is 0. The standard InChI is InChI=1S/Al.Ca.Na.7H2O.2Si/h;;;7*1H2;;. The molecule has 0 aliphatic rings. The van der Waals surface area contributed by atoms with Crippen molar-refractivity contribution < 1.29 is 38.3 Å². The summed E-state index contributed by atoms with van der Waals surface area (Å²) in [4.78, 5) is 0. The Balaban J connectivity index is 0. The van der Waals surface area contributed by atoms with Crippen molar-refractivity contribution in [3.05, 3.63) is 0 Å². The van der Waals surface area contributed by atoms with Crippen molar-refractivity contribution in [1.82, 2.24) is 0 Å². The summed E-state index contributed by atoms with van der Waals surface area (Å²) in [7, 11) is 0. The second-order valence-electron chi connectivity index (χ2n) is 0. The molecular formula is H14AlCaNaO7Si2. The Kier molecular flexibility index (Phi) is 7520. The second-order valence-corrected chi connectivity index (χ2v) is 0. The van der Waals surface area contributed by atoms with Crippen molar-refractivity contribution in [1.29, 1.82) is 0 Å². The number of hydrogen-bond donors (Lipinski definition) is 0. The van der Waals surface area contributed by atoms with Gasteiger partial charge in [-0.05, 0) is 0 Å². The van der Waals surface area contributed by atoms with E-state index in [0.29, 0.717) is 0 Å². The average molecular weight is 272 g/mol. The van der Waals surface area contributed by atoms with Crippen molar-refractivity contribution in [2.45, 2.75) is 0 Å². The SMILES string of the molecule is O.O.O.O.O.O.O.[Al].[Ca].[Na].[Si].[Si]. The molecule has 0 aromatic carbocycles. The van der Waals surface area contributed by atoms with Crippen LogP contribution in [0.2, 0.25) is 0 Å². The van der Waals surface area contributed by atoms with Crippen LogP contribution in [0.25, 0.3) is 0 Å². The monoisotopic (exact) mass is 272 g/mol. The van der Waals surface area contributed by atoms with Crippen LogP contribution < -0.4 is 0 Å². The summed E-state index contributed by atoms with van der Waals surface area (Å²) in [6.07, 6.45) is 0. The Labute approximate surface area is 143 Å². The van der Waals surface area contributed by atoms with Crippen molar-refractivity contribution in [2.24, 2.45) is 0 Å². The molecule has 0 aliphatic heterocycles. The van der Waals surface area contributed by atoms with E-state index >= 15 is 0 Å². The van der Waals surface area contributed by atoms with Crippen LogP contribution in [0.1, 0.15) is 0 Å². The summed E-state index contributed by atoms with van der Waals surface area (Å²) in [5, 5.41) is 0. The van der Waals surface area contributed by atoms with Crippen molar-refractivity contribution in [2.75, 3.05) is 0 Å². The molecule has 0 aromatic rings. The van der Waals surface area contributed by atoms with Crippen LogP contribution in [0.3, 0.4) is 0 Å². The summed E-state index contributed by atoms with van der Waals surface area (Å²) in [5.41, 5.74) is 0. The van der Waals surface area contributed by atoms with E-state index in [1.807, 2.05) is 0 Å². The zero-order valence-electron chi connectivity index (χ0n) is 6.78. The van der Waals surface area contributed by atoms with Gasteiger partial charge in [0.2, 0.25) is 0 Å². The Morgan fingerprint density at radius 1 is 0.417 bits per heavy atom. The molecule has 14 radical (unpaired) electrons. The van der Waals surface area contributed by atoms with Gasteiger partial charge >= 0.3 is 0 Å². The molecule has 0 saturated carbocycles. The van der Waals surface area contributed by atoms with E-state index in [4.69, 9.17) is 0 Å². The van der Waals surface area contributed by atoms with Gasteiger partial charge in [-0.1, -0.05) is 0 Å². The van der Waals surface area contributed by atoms with Gasteiger partial charge in [0.05, 0.1) is 0 Å². The molecule has 0 amide bonds. The first-order valence-corrected chi connectivity index (χ1v) is 0. The van der Waals surface area contributed by atoms with Crippen molar-refractivity contribution in [3.63, 3.8) is 0 Å². The predicted molar refractivity (Wildman–Crippen MR) is 54.1 cm³/mol. The fourth-order valence-corrected chi connectivity index (χ4v) is 0. The third-order valence-electron chi connectivity index (χ3n) is 0. The fraction of sp³-hybridized carbons (Fsp3) is 0. The van der Waals surface area contributed by atoms with Gasteiger partial charge in [0.25, 0.3) is 0 Å². The first-order valence-electron chi connectivity index (χ1n) is 0. The molecule has 14 N–H and O–H groups in total. The molecule has 0 atom stereocenters. The van der Waals surface area contributed by atoms with Crippen LogP contribution in [0.15, 0.2) is 0 Å². The van der Waals surface area contributed by atoms with E-state index in [1.165, 1.54) is 0 Å². The maximum Gasteiger partial charge on any atom is 0 e. The minimum absolute atomic E-state index is 0. The maximum absolute atomic E-state index is 0. The van der Waals surface area contributed by atoms with Crippen molar-refractivity contribution >= 4 is 107 Å². The molecule has 7 nitrogen and oxygen atoms in total. The van der Waals surface area contributed by atoms with E-state index in [-0.39, 0.29) is 145 Å². The van der Waals surface area contributed by atoms with Gasteiger partial charge in [0, 0.05) is 107 Å². The molecule has 0 saturated heterocycles. The summed E-state index contributed by atoms with van der Waals surface area (Å²) in [6.45, 7) is 0. The molecule has 0 aliphatic carbocycles. The van der Waals surface area contributed by atoms with E-state index in [0.717, 1.165) is 0 Å². The first-order chi connectivity index (χ1) is 0. The third-order valence-corrected chi connectivity index (χ3v) is 0. The topological polar surface area (TPSA) is 220 Å². The predicted octanol–water partition coefficient (Wildman–Crippen LogP) is -7.68. The van der Waals surface area contributed by atoms with Crippen LogP contribution in [0.4, 0.5) is 0 Å². The van der Waals surface area contributed by atoms with E-state index in [2.05, 4.69) is 0 Å². The van der Waals surface area contributed by atoms with Gasteiger partial charge in [-0.3, -0.25) is 0 Å². The van der Waals surface area contributed by atoms with Gasteiger partial charge in [-0.2, -0.15) is 0 Å². The van der Waals surface area contributed by atoms with Crippen LogP contribution >= 0.6 is 0 Å². The zero-order chi connectivity index (χ0) is 0. The molecule has 0 unspecified atom stereocenters. The summed E-state index contributed by atoms with van der Waals surface area (Å²) < 4.78 is 0. The first kappa shape index (κ1) is 335. The molecular weight excluding hydrogens is 258 g/mol. The molecule has 70 valence electrons. The van der Waals surface area contributed by atoms with E-state index < -0.39 is 0 Å². The van der Waals surface area contributed by atoms with E-state index in [1.54, 1.807) is 0 Å². The zero-order valence-corrected chi connectivity index (χ0v) is 14.1. The van der Waals surface area contributed by atoms with Gasteiger partial charge < -0.3 is 38.3 Å². The van der Waals surface area contributed by atoms with Crippen LogP contribution in [0.5, 0.6) is 0 Å². The molecule has 0 spiro atoms. The Morgan fingerprint density at radius 3 is 0.417 bits per heavy atom. The Morgan fingerprint density at radius 2 is 0.417 bits per heavy atom. The smallest absolute Gasteiger partial charge is 0 e. The van der Waals surface area contributed by atoms with Gasteiger partial charge in [-0.15, -0.1) is 0 Å². The van der Waals surface area contributed by atoms with Crippen molar-refractivity contribution in [3.8, 4) is 0 Å². The molecule has 0 aromatic heterocycles. The summed E-state index contributed by atoms with van der Waals surface area (Å²) in [5.74, 6) is 0. The fourth-order valence-electron chi connectivity index (χ4n) is 0. The van der Waals surface area contributed by atoms with Gasteiger partial charge in [0.15, 0.2) is 0 Å². The maximum atomic E-state index is 0.